The van der Waals surface area contributed by atoms with Crippen LogP contribution in [0.1, 0.15) is 49.3 Å². The molecule has 1 N–H and O–H groups in total. The molecule has 1 atom stereocenters. The maximum Gasteiger partial charge on any atom is 0.264 e. The molecule has 3 aromatic carbocycles. The summed E-state index contributed by atoms with van der Waals surface area (Å²) in [5.41, 5.74) is 2.98. The zero-order chi connectivity index (χ0) is 29.6. The standard InChI is InChI=1S/C32H39N3O5S/c1-23-14-17-26(18-15-23)21-34(25(3)32(37)33-27-10-8-9-11-27)31(36)22-35(29-20-24(2)16-19-30(29)40-4)41(38,39)28-12-6-5-7-13-28/h5-7,12-20,25,27H,8-11,21-22H2,1-4H3,(H,33,37). The Labute approximate surface area is 243 Å². The Kier molecular flexibility index (Phi) is 9.70. The molecule has 9 heteroatoms. The average molecular weight is 578 g/mol. The maximum atomic E-state index is 14.1. The fourth-order valence-electron chi connectivity index (χ4n) is 5.09. The molecule has 0 heterocycles. The van der Waals surface area contributed by atoms with Crippen molar-refractivity contribution in [3.63, 3.8) is 0 Å². The Hall–Kier alpha value is -3.85. The topological polar surface area (TPSA) is 96.0 Å². The van der Waals surface area contributed by atoms with Crippen LogP contribution in [-0.4, -0.2) is 50.9 Å². The van der Waals surface area contributed by atoms with Crippen LogP contribution in [-0.2, 0) is 26.2 Å². The lowest BCUT2D eigenvalue weighted by Gasteiger charge is -2.33. The van der Waals surface area contributed by atoms with E-state index in [4.69, 9.17) is 4.74 Å². The highest BCUT2D eigenvalue weighted by molar-refractivity contribution is 7.92. The molecule has 1 aliphatic carbocycles. The molecule has 0 aromatic heterocycles. The van der Waals surface area contributed by atoms with Crippen LogP contribution in [0.2, 0.25) is 0 Å². The number of aryl methyl sites for hydroxylation is 2. The van der Waals surface area contributed by atoms with Gasteiger partial charge in [0, 0.05) is 12.6 Å². The van der Waals surface area contributed by atoms with Crippen LogP contribution in [0.25, 0.3) is 0 Å². The first kappa shape index (κ1) is 30.1. The third-order valence-electron chi connectivity index (χ3n) is 7.56. The largest absolute Gasteiger partial charge is 0.495 e. The molecule has 3 aromatic rings. The lowest BCUT2D eigenvalue weighted by atomic mass is 10.1. The number of sulfonamides is 1. The quantitative estimate of drug-likeness (QED) is 0.347. The summed E-state index contributed by atoms with van der Waals surface area (Å²) < 4.78 is 34.7. The number of nitrogens with one attached hydrogen (secondary N) is 1. The minimum atomic E-state index is -4.17. The van der Waals surface area contributed by atoms with E-state index in [2.05, 4.69) is 5.32 Å². The van der Waals surface area contributed by atoms with Crippen molar-refractivity contribution in [1.29, 1.82) is 0 Å². The number of ether oxygens (including phenoxy) is 1. The van der Waals surface area contributed by atoms with Crippen LogP contribution in [0.5, 0.6) is 5.75 Å². The second kappa shape index (κ2) is 13.2. The highest BCUT2D eigenvalue weighted by atomic mass is 32.2. The number of carbonyl (C=O) groups is 2. The van der Waals surface area contributed by atoms with Crippen molar-refractivity contribution in [1.82, 2.24) is 10.2 Å². The fraction of sp³-hybridized carbons (Fsp3) is 0.375. The number of benzene rings is 3. The van der Waals surface area contributed by atoms with E-state index in [0.717, 1.165) is 46.7 Å². The first-order chi connectivity index (χ1) is 19.6. The maximum absolute atomic E-state index is 14.1. The Morgan fingerprint density at radius 2 is 1.59 bits per heavy atom. The molecule has 0 radical (unpaired) electrons. The highest BCUT2D eigenvalue weighted by Crippen LogP contribution is 2.33. The fourth-order valence-corrected chi connectivity index (χ4v) is 6.53. The van der Waals surface area contributed by atoms with E-state index in [9.17, 15) is 18.0 Å². The van der Waals surface area contributed by atoms with Gasteiger partial charge >= 0.3 is 0 Å². The number of carbonyl (C=O) groups excluding carboxylic acids is 2. The molecule has 0 spiro atoms. The van der Waals surface area contributed by atoms with Gasteiger partial charge in [-0.05, 0) is 69.0 Å². The molecule has 2 amide bonds. The SMILES string of the molecule is COc1ccc(C)cc1N(CC(=O)N(Cc1ccc(C)cc1)C(C)C(=O)NC1CCCC1)S(=O)(=O)c1ccccc1. The summed E-state index contributed by atoms with van der Waals surface area (Å²) in [7, 11) is -2.71. The molecule has 1 fully saturated rings. The molecule has 0 bridgehead atoms. The third kappa shape index (κ3) is 7.27. The van der Waals surface area contributed by atoms with Crippen molar-refractivity contribution in [3.05, 3.63) is 89.5 Å². The molecule has 218 valence electrons. The summed E-state index contributed by atoms with van der Waals surface area (Å²) >= 11 is 0. The number of hydrogen-bond acceptors (Lipinski definition) is 5. The second-order valence-electron chi connectivity index (χ2n) is 10.7. The normalized spacial score (nSPS) is 14.3. The Balaban J connectivity index is 1.72. The minimum Gasteiger partial charge on any atom is -0.495 e. The van der Waals surface area contributed by atoms with Crippen molar-refractivity contribution in [2.45, 2.75) is 70.0 Å². The van der Waals surface area contributed by atoms with E-state index in [1.165, 1.54) is 24.1 Å². The van der Waals surface area contributed by atoms with Crippen molar-refractivity contribution in [2.75, 3.05) is 18.0 Å². The van der Waals surface area contributed by atoms with Gasteiger partial charge in [0.2, 0.25) is 11.8 Å². The van der Waals surface area contributed by atoms with Crippen molar-refractivity contribution in [3.8, 4) is 5.75 Å². The zero-order valence-corrected chi connectivity index (χ0v) is 25.0. The minimum absolute atomic E-state index is 0.0495. The van der Waals surface area contributed by atoms with Gasteiger partial charge in [0.25, 0.3) is 10.0 Å². The summed E-state index contributed by atoms with van der Waals surface area (Å²) in [6, 6.07) is 20.2. The molecule has 4 rings (SSSR count). The van der Waals surface area contributed by atoms with Gasteiger partial charge in [-0.2, -0.15) is 0 Å². The van der Waals surface area contributed by atoms with Crippen molar-refractivity contribution in [2.24, 2.45) is 0 Å². The molecule has 8 nitrogen and oxygen atoms in total. The Morgan fingerprint density at radius 3 is 2.22 bits per heavy atom. The van der Waals surface area contributed by atoms with Gasteiger partial charge in [-0.15, -0.1) is 0 Å². The van der Waals surface area contributed by atoms with Gasteiger partial charge in [-0.3, -0.25) is 13.9 Å². The van der Waals surface area contributed by atoms with E-state index in [0.29, 0.717) is 5.75 Å². The molecule has 1 aliphatic rings. The third-order valence-corrected chi connectivity index (χ3v) is 9.33. The molecular formula is C32H39N3O5S. The van der Waals surface area contributed by atoms with Crippen LogP contribution < -0.4 is 14.4 Å². The second-order valence-corrected chi connectivity index (χ2v) is 12.5. The molecule has 41 heavy (non-hydrogen) atoms. The van der Waals surface area contributed by atoms with E-state index in [-0.39, 0.29) is 29.1 Å². The predicted octanol–water partition coefficient (Wildman–Crippen LogP) is 4.98. The van der Waals surface area contributed by atoms with Gasteiger partial charge in [0.05, 0.1) is 17.7 Å². The number of nitrogens with zero attached hydrogens (tertiary/aromatic N) is 2. The van der Waals surface area contributed by atoms with E-state index < -0.39 is 28.5 Å². The van der Waals surface area contributed by atoms with E-state index in [1.54, 1.807) is 37.3 Å². The van der Waals surface area contributed by atoms with Crippen LogP contribution in [0.15, 0.2) is 77.7 Å². The smallest absolute Gasteiger partial charge is 0.264 e. The van der Waals surface area contributed by atoms with Crippen LogP contribution in [0.4, 0.5) is 5.69 Å². The number of methoxy groups -OCH3 is 1. The van der Waals surface area contributed by atoms with Crippen LogP contribution in [0, 0.1) is 13.8 Å². The molecular weight excluding hydrogens is 538 g/mol. The molecule has 0 saturated heterocycles. The van der Waals surface area contributed by atoms with E-state index >= 15 is 0 Å². The molecule has 0 aliphatic heterocycles. The van der Waals surface area contributed by atoms with Gasteiger partial charge in [0.15, 0.2) is 0 Å². The molecule has 1 unspecified atom stereocenters. The zero-order valence-electron chi connectivity index (χ0n) is 24.2. The van der Waals surface area contributed by atoms with Crippen LogP contribution >= 0.6 is 0 Å². The first-order valence-electron chi connectivity index (χ1n) is 14.0. The van der Waals surface area contributed by atoms with Gasteiger partial charge in [-0.25, -0.2) is 8.42 Å². The number of hydrogen-bond donors (Lipinski definition) is 1. The lowest BCUT2D eigenvalue weighted by molar-refractivity contribution is -0.139. The summed E-state index contributed by atoms with van der Waals surface area (Å²) in [5.74, 6) is -0.425. The van der Waals surface area contributed by atoms with Crippen molar-refractivity contribution < 1.29 is 22.7 Å². The van der Waals surface area contributed by atoms with Crippen molar-refractivity contribution >= 4 is 27.5 Å². The highest BCUT2D eigenvalue weighted by Gasteiger charge is 2.34. The van der Waals surface area contributed by atoms with Gasteiger partial charge in [-0.1, -0.05) is 66.9 Å². The predicted molar refractivity (Wildman–Crippen MR) is 160 cm³/mol. The number of amides is 2. The monoisotopic (exact) mass is 577 g/mol. The summed E-state index contributed by atoms with van der Waals surface area (Å²) in [5, 5.41) is 3.09. The van der Waals surface area contributed by atoms with Gasteiger partial charge < -0.3 is 15.0 Å². The molecule has 1 saturated carbocycles. The Morgan fingerprint density at radius 1 is 0.951 bits per heavy atom. The number of anilines is 1. The van der Waals surface area contributed by atoms with Gasteiger partial charge in [0.1, 0.15) is 18.3 Å². The Bertz CT molecular complexity index is 1450. The lowest BCUT2D eigenvalue weighted by Crippen LogP contribution is -2.52. The first-order valence-corrected chi connectivity index (χ1v) is 15.4. The van der Waals surface area contributed by atoms with E-state index in [1.807, 2.05) is 44.2 Å². The summed E-state index contributed by atoms with van der Waals surface area (Å²) in [4.78, 5) is 29.0. The average Bonchev–Trinajstić information content (AvgIpc) is 3.48. The summed E-state index contributed by atoms with van der Waals surface area (Å²) in [6.45, 7) is 5.16. The summed E-state index contributed by atoms with van der Waals surface area (Å²) in [6.07, 6.45) is 3.97. The van der Waals surface area contributed by atoms with Crippen LogP contribution in [0.3, 0.4) is 0 Å². The number of rotatable bonds is 11.